The second-order valence-corrected chi connectivity index (χ2v) is 8.35. The number of benzene rings is 2. The van der Waals surface area contributed by atoms with Crippen molar-refractivity contribution in [1.82, 2.24) is 4.90 Å². The minimum Gasteiger partial charge on any atom is -0.409 e. The molecule has 0 aromatic heterocycles. The molecule has 0 bridgehead atoms. The highest BCUT2D eigenvalue weighted by molar-refractivity contribution is 6.42. The zero-order valence-electron chi connectivity index (χ0n) is 16.7. The molecule has 1 unspecified atom stereocenters. The summed E-state index contributed by atoms with van der Waals surface area (Å²) in [5.74, 6) is -0.751. The number of hydrogen-bond donors (Lipinski definition) is 2. The fourth-order valence-corrected chi connectivity index (χ4v) is 3.47. The summed E-state index contributed by atoms with van der Waals surface area (Å²) in [7, 11) is 1.61. The maximum absolute atomic E-state index is 12.9. The number of nitrogens with two attached hydrogens (primary N) is 1. The molecular weight excluding hydrogens is 486 g/mol. The molecule has 0 saturated heterocycles. The second kappa shape index (κ2) is 11.4. The Morgan fingerprint density at radius 1 is 1.13 bits per heavy atom. The molecule has 11 heteroatoms. The van der Waals surface area contributed by atoms with Crippen molar-refractivity contribution >= 4 is 63.9 Å². The lowest BCUT2D eigenvalue weighted by Crippen LogP contribution is -2.34. The fraction of sp³-hybridized carbons (Fsp3) is 0.250. The van der Waals surface area contributed by atoms with Gasteiger partial charge in [0.2, 0.25) is 0 Å². The van der Waals surface area contributed by atoms with E-state index in [-0.39, 0.29) is 30.8 Å². The van der Waals surface area contributed by atoms with Gasteiger partial charge in [-0.05, 0) is 35.9 Å². The van der Waals surface area contributed by atoms with Gasteiger partial charge in [0, 0.05) is 28.6 Å². The van der Waals surface area contributed by atoms with E-state index in [2.05, 4.69) is 10.3 Å². The third kappa shape index (κ3) is 7.18. The summed E-state index contributed by atoms with van der Waals surface area (Å²) in [6, 6.07) is 9.79. The second-order valence-electron chi connectivity index (χ2n) is 6.66. The van der Waals surface area contributed by atoms with Gasteiger partial charge in [0.15, 0.2) is 12.4 Å². The first-order chi connectivity index (χ1) is 14.6. The highest BCUT2D eigenvalue weighted by atomic mass is 35.5. The van der Waals surface area contributed by atoms with Crippen LogP contribution in [0, 0.1) is 0 Å². The summed E-state index contributed by atoms with van der Waals surface area (Å²) in [5.41, 5.74) is 7.06. The molecule has 0 heterocycles. The SMILES string of the molecule is CC(C(CN(C)C(=O)c1cc(Cl)cc(Cl)c1)=NOCC(N)=NO)c1ccc(Cl)c(Cl)c1. The number of amidine groups is 1. The van der Waals surface area contributed by atoms with Crippen molar-refractivity contribution in [3.63, 3.8) is 0 Å². The van der Waals surface area contributed by atoms with Gasteiger partial charge in [-0.25, -0.2) is 0 Å². The van der Waals surface area contributed by atoms with E-state index in [0.29, 0.717) is 31.4 Å². The number of nitrogens with zero attached hydrogens (tertiary/aromatic N) is 3. The third-order valence-electron chi connectivity index (χ3n) is 4.32. The molecule has 166 valence electrons. The molecule has 2 aromatic rings. The van der Waals surface area contributed by atoms with E-state index in [0.717, 1.165) is 5.56 Å². The normalized spacial score (nSPS) is 13.1. The largest absolute Gasteiger partial charge is 0.409 e. The Morgan fingerprint density at radius 3 is 2.35 bits per heavy atom. The molecule has 7 nitrogen and oxygen atoms in total. The zero-order valence-corrected chi connectivity index (χ0v) is 19.7. The van der Waals surface area contributed by atoms with Crippen LogP contribution in [-0.4, -0.2) is 47.8 Å². The lowest BCUT2D eigenvalue weighted by atomic mass is 9.95. The van der Waals surface area contributed by atoms with Crippen LogP contribution in [0.4, 0.5) is 0 Å². The van der Waals surface area contributed by atoms with E-state index in [1.54, 1.807) is 31.3 Å². The molecule has 2 rings (SSSR count). The van der Waals surface area contributed by atoms with Crippen LogP contribution < -0.4 is 5.73 Å². The van der Waals surface area contributed by atoms with Gasteiger partial charge in [-0.3, -0.25) is 4.79 Å². The molecule has 3 N–H and O–H groups in total. The van der Waals surface area contributed by atoms with Crippen LogP contribution in [0.5, 0.6) is 0 Å². The van der Waals surface area contributed by atoms with Crippen LogP contribution in [0.2, 0.25) is 20.1 Å². The first kappa shape index (κ1) is 25.1. The van der Waals surface area contributed by atoms with E-state index in [1.165, 1.54) is 17.0 Å². The van der Waals surface area contributed by atoms with Gasteiger partial charge in [-0.15, -0.1) is 0 Å². The maximum Gasteiger partial charge on any atom is 0.254 e. The number of amides is 1. The molecule has 0 aliphatic rings. The Balaban J connectivity index is 2.29. The van der Waals surface area contributed by atoms with Crippen molar-refractivity contribution < 1.29 is 14.8 Å². The standard InChI is InChI=1S/C20H20Cl4N4O3/c1-11(12-3-4-16(23)17(24)7-12)18(27-31-10-19(25)26-30)9-28(2)20(29)13-5-14(21)8-15(22)6-13/h3-8,11,30H,9-10H2,1-2H3,(H2,25,26). The van der Waals surface area contributed by atoms with Gasteiger partial charge in [0.25, 0.3) is 5.91 Å². The molecule has 0 spiro atoms. The Bertz CT molecular complexity index is 994. The topological polar surface area (TPSA) is 101 Å². The molecule has 1 atom stereocenters. The highest BCUT2D eigenvalue weighted by Crippen LogP contribution is 2.28. The Kier molecular flexibility index (Phi) is 9.25. The zero-order chi connectivity index (χ0) is 23.1. The maximum atomic E-state index is 12.9. The summed E-state index contributed by atoms with van der Waals surface area (Å²) >= 11 is 24.2. The number of halogens is 4. The van der Waals surface area contributed by atoms with Gasteiger partial charge in [0.1, 0.15) is 0 Å². The van der Waals surface area contributed by atoms with E-state index >= 15 is 0 Å². The number of hydrogen-bond acceptors (Lipinski definition) is 5. The van der Waals surface area contributed by atoms with Crippen molar-refractivity contribution in [1.29, 1.82) is 0 Å². The molecule has 0 aliphatic heterocycles. The number of oxime groups is 2. The molecule has 2 aromatic carbocycles. The quantitative estimate of drug-likeness (QED) is 0.220. The van der Waals surface area contributed by atoms with Gasteiger partial charge in [0.05, 0.1) is 22.3 Å². The fourth-order valence-electron chi connectivity index (χ4n) is 2.64. The summed E-state index contributed by atoms with van der Waals surface area (Å²) in [6.45, 7) is 1.76. The van der Waals surface area contributed by atoms with E-state index < -0.39 is 0 Å². The van der Waals surface area contributed by atoms with E-state index in [9.17, 15) is 4.79 Å². The van der Waals surface area contributed by atoms with Crippen LogP contribution in [0.3, 0.4) is 0 Å². The third-order valence-corrected chi connectivity index (χ3v) is 5.50. The van der Waals surface area contributed by atoms with Crippen LogP contribution in [0.1, 0.15) is 28.8 Å². The van der Waals surface area contributed by atoms with Gasteiger partial charge in [-0.2, -0.15) is 0 Å². The summed E-state index contributed by atoms with van der Waals surface area (Å²) in [5, 5.41) is 17.1. The minimum atomic E-state index is -0.310. The monoisotopic (exact) mass is 504 g/mol. The minimum absolute atomic E-state index is 0.112. The number of carbonyl (C=O) groups excluding carboxylic acids is 1. The molecule has 0 radical (unpaired) electrons. The van der Waals surface area contributed by atoms with Crippen LogP contribution in [0.15, 0.2) is 46.7 Å². The van der Waals surface area contributed by atoms with Gasteiger partial charge in [-0.1, -0.05) is 69.7 Å². The van der Waals surface area contributed by atoms with Crippen molar-refractivity contribution in [3.8, 4) is 0 Å². The predicted molar refractivity (Wildman–Crippen MR) is 125 cm³/mol. The Morgan fingerprint density at radius 2 is 1.77 bits per heavy atom. The smallest absolute Gasteiger partial charge is 0.254 e. The number of rotatable bonds is 8. The summed E-state index contributed by atoms with van der Waals surface area (Å²) in [4.78, 5) is 19.5. The van der Waals surface area contributed by atoms with E-state index in [4.69, 9.17) is 62.2 Å². The van der Waals surface area contributed by atoms with Crippen LogP contribution >= 0.6 is 46.4 Å². The lowest BCUT2D eigenvalue weighted by Gasteiger charge is -2.22. The number of carbonyl (C=O) groups is 1. The molecule has 0 saturated carbocycles. The summed E-state index contributed by atoms with van der Waals surface area (Å²) in [6.07, 6.45) is 0. The average Bonchev–Trinajstić information content (AvgIpc) is 2.72. The molecular formula is C20H20Cl4N4O3. The molecule has 0 aliphatic carbocycles. The van der Waals surface area contributed by atoms with E-state index in [1.807, 2.05) is 6.92 Å². The predicted octanol–water partition coefficient (Wildman–Crippen LogP) is 5.29. The van der Waals surface area contributed by atoms with Crippen LogP contribution in [-0.2, 0) is 4.84 Å². The van der Waals surface area contributed by atoms with Crippen molar-refractivity contribution in [2.75, 3.05) is 20.2 Å². The lowest BCUT2D eigenvalue weighted by molar-refractivity contribution is 0.0812. The highest BCUT2D eigenvalue weighted by Gasteiger charge is 2.21. The average molecular weight is 506 g/mol. The summed E-state index contributed by atoms with van der Waals surface area (Å²) < 4.78 is 0. The molecule has 1 amide bonds. The van der Waals surface area contributed by atoms with Gasteiger partial charge >= 0.3 is 0 Å². The van der Waals surface area contributed by atoms with Crippen molar-refractivity contribution in [3.05, 3.63) is 67.6 Å². The van der Waals surface area contributed by atoms with Crippen molar-refractivity contribution in [2.45, 2.75) is 12.8 Å². The Labute approximate surface area is 199 Å². The van der Waals surface area contributed by atoms with Gasteiger partial charge < -0.3 is 20.7 Å². The molecule has 31 heavy (non-hydrogen) atoms. The first-order valence-corrected chi connectivity index (χ1v) is 10.4. The van der Waals surface area contributed by atoms with Crippen LogP contribution in [0.25, 0.3) is 0 Å². The van der Waals surface area contributed by atoms with Crippen molar-refractivity contribution in [2.24, 2.45) is 16.0 Å². The molecule has 0 fully saturated rings. The Hall–Kier alpha value is -2.19. The first-order valence-electron chi connectivity index (χ1n) is 8.94.